The van der Waals surface area contributed by atoms with Gasteiger partial charge < -0.3 is 33.8 Å². The van der Waals surface area contributed by atoms with Crippen molar-refractivity contribution in [3.63, 3.8) is 0 Å². The number of aliphatic hydroxyl groups is 1. The maximum Gasteiger partial charge on any atom is 0.472 e. The molecule has 0 radical (unpaired) electrons. The Bertz CT molecular complexity index is 2800. The lowest BCUT2D eigenvalue weighted by molar-refractivity contribution is -0.161. The SMILES string of the molecule is CC/C=C\C/C=C\C/C=C\C/C=C\C/C=C\CCCCCC(=O)OC[C@H](COP(=O)(O)OC[C@@H](O)COP(=O)(O)OC[C@@H](COC(=O)CCCCCCCCC/C=C\CCCCCC)OC(=O)CCCCC/C=C\C/C=C\C/C=C\C/C=C\C/C=C\CC)OC(=O)CCC/C=C\C/C=C\C/C=C\C/C=C\CCCCC. The first-order valence-electron chi connectivity index (χ1n) is 42.0. The van der Waals surface area contributed by atoms with Crippen LogP contribution >= 0.6 is 15.6 Å². The molecule has 0 aliphatic carbocycles. The Morgan fingerprint density at radius 3 is 0.800 bits per heavy atom. The van der Waals surface area contributed by atoms with E-state index >= 15 is 0 Å². The summed E-state index contributed by atoms with van der Waals surface area (Å²) in [5.74, 6) is -2.33. The minimum absolute atomic E-state index is 0.00386. The van der Waals surface area contributed by atoms with Crippen molar-refractivity contribution in [3.05, 3.63) is 182 Å². The summed E-state index contributed by atoms with van der Waals surface area (Å²) in [7, 11) is -10.0. The van der Waals surface area contributed by atoms with Gasteiger partial charge in [0, 0.05) is 25.7 Å². The van der Waals surface area contributed by atoms with E-state index in [9.17, 15) is 43.2 Å². The monoisotopic (exact) mass is 1580 g/mol. The Morgan fingerprint density at radius 2 is 0.482 bits per heavy atom. The lowest BCUT2D eigenvalue weighted by atomic mass is 10.1. The van der Waals surface area contributed by atoms with E-state index < -0.39 is 97.5 Å². The summed E-state index contributed by atoms with van der Waals surface area (Å²) < 4.78 is 68.7. The fraction of sp³-hybridized carbons (Fsp3) is 0.626. The number of phosphoric acid groups is 2. The van der Waals surface area contributed by atoms with E-state index in [2.05, 4.69) is 198 Å². The van der Waals surface area contributed by atoms with Crippen LogP contribution in [0, 0.1) is 0 Å². The van der Waals surface area contributed by atoms with Gasteiger partial charge in [-0.15, -0.1) is 0 Å². The van der Waals surface area contributed by atoms with Crippen molar-refractivity contribution < 1.29 is 80.2 Å². The van der Waals surface area contributed by atoms with Gasteiger partial charge in [0.25, 0.3) is 0 Å². The van der Waals surface area contributed by atoms with Crippen molar-refractivity contribution in [3.8, 4) is 0 Å². The number of rotatable bonds is 77. The number of hydrogen-bond donors (Lipinski definition) is 3. The minimum atomic E-state index is -5.02. The van der Waals surface area contributed by atoms with Gasteiger partial charge in [0.2, 0.25) is 0 Å². The highest BCUT2D eigenvalue weighted by Gasteiger charge is 2.30. The quantitative estimate of drug-likeness (QED) is 0.0169. The summed E-state index contributed by atoms with van der Waals surface area (Å²) >= 11 is 0. The van der Waals surface area contributed by atoms with Crippen LogP contribution in [0.25, 0.3) is 0 Å². The molecule has 0 heterocycles. The predicted molar refractivity (Wildman–Crippen MR) is 454 cm³/mol. The van der Waals surface area contributed by atoms with Crippen LogP contribution < -0.4 is 0 Å². The standard InChI is InChI=1S/C91H148O17P2/c1-5-9-13-17-21-25-29-33-37-40-42-45-48-52-56-60-64-68-72-76-89(94)102-82-87(107-90(95)77-73-69-65-61-57-53-49-44-39-35-31-27-23-19-15-11-7-3)84-106-110(99,100)104-80-85(92)79-103-109(97,98)105-83-86(81-101-88(93)75-71-67-63-59-55-51-47-36-32-28-24-20-16-12-8-4)108-91(96)78-74-70-66-62-58-54-50-46-43-41-38-34-30-26-22-18-14-10-6-2/h9-10,13-14,21-23,25-28,32-35,37-39,42-43,45-46,49,52-54,56,58,61,65,85-87,92H,5-8,11-12,15-20,24,29-31,36,40-41,44,47-48,50-51,55,57,59-60,62-64,66-84H2,1-4H3,(H,97,98)(H,99,100)/b13-9-,14-10-,25-21-,26-22-,27-23-,32-28-,37-33-,38-34-,39-35-,45-42-,46-43-,53-49-,56-52-,58-54-,65-61-/t85-,86+,87+/m0/s1. The summed E-state index contributed by atoms with van der Waals surface area (Å²) in [6, 6.07) is 0. The zero-order valence-corrected chi connectivity index (χ0v) is 70.1. The van der Waals surface area contributed by atoms with Crippen LogP contribution in [0.15, 0.2) is 182 Å². The van der Waals surface area contributed by atoms with E-state index in [4.69, 9.17) is 37.0 Å². The third-order valence-electron chi connectivity index (χ3n) is 16.8. The summed E-state index contributed by atoms with van der Waals surface area (Å²) in [6.45, 7) is 4.46. The van der Waals surface area contributed by atoms with Crippen molar-refractivity contribution in [1.82, 2.24) is 0 Å². The largest absolute Gasteiger partial charge is 0.472 e. The first-order valence-corrected chi connectivity index (χ1v) is 45.0. The van der Waals surface area contributed by atoms with Crippen LogP contribution in [0.3, 0.4) is 0 Å². The first-order chi connectivity index (χ1) is 53.7. The van der Waals surface area contributed by atoms with Gasteiger partial charge >= 0.3 is 39.5 Å². The molecule has 2 unspecified atom stereocenters. The molecule has 0 rings (SSSR count). The molecular weight excluding hydrogens is 1430 g/mol. The Labute approximate surface area is 666 Å². The number of aliphatic hydroxyl groups excluding tert-OH is 1. The first kappa shape index (κ1) is 104. The van der Waals surface area contributed by atoms with Gasteiger partial charge in [-0.1, -0.05) is 287 Å². The van der Waals surface area contributed by atoms with Crippen LogP contribution in [-0.4, -0.2) is 96.7 Å². The molecule has 0 aliphatic rings. The summed E-state index contributed by atoms with van der Waals surface area (Å²) in [5, 5.41) is 10.7. The molecule has 0 spiro atoms. The Kier molecular flexibility index (Phi) is 76.9. The van der Waals surface area contributed by atoms with E-state index in [0.29, 0.717) is 32.1 Å². The number of ether oxygens (including phenoxy) is 4. The molecule has 0 saturated heterocycles. The Balaban J connectivity index is 5.52. The molecule has 0 saturated carbocycles. The normalized spacial score (nSPS) is 14.7. The maximum atomic E-state index is 13.1. The van der Waals surface area contributed by atoms with Crippen LogP contribution in [0.5, 0.6) is 0 Å². The lowest BCUT2D eigenvalue weighted by Gasteiger charge is -2.21. The molecule has 0 fully saturated rings. The molecule has 0 aliphatic heterocycles. The van der Waals surface area contributed by atoms with Gasteiger partial charge in [-0.25, -0.2) is 9.13 Å². The molecule has 624 valence electrons. The second-order valence-corrected chi connectivity index (χ2v) is 30.2. The number of unbranched alkanes of at least 4 members (excludes halogenated alkanes) is 21. The smallest absolute Gasteiger partial charge is 0.462 e. The van der Waals surface area contributed by atoms with Gasteiger partial charge in [0.1, 0.15) is 19.3 Å². The van der Waals surface area contributed by atoms with Gasteiger partial charge in [0.05, 0.1) is 26.4 Å². The molecule has 5 atom stereocenters. The van der Waals surface area contributed by atoms with E-state index in [1.165, 1.54) is 44.9 Å². The van der Waals surface area contributed by atoms with E-state index in [1.807, 2.05) is 12.2 Å². The fourth-order valence-corrected chi connectivity index (χ4v) is 12.1. The average molecular weight is 1580 g/mol. The highest BCUT2D eigenvalue weighted by atomic mass is 31.2. The van der Waals surface area contributed by atoms with Crippen molar-refractivity contribution in [2.75, 3.05) is 39.6 Å². The number of esters is 4. The number of carbonyl (C=O) groups excluding carboxylic acids is 4. The molecule has 110 heavy (non-hydrogen) atoms. The van der Waals surface area contributed by atoms with Crippen molar-refractivity contribution in [2.45, 2.75) is 329 Å². The number of phosphoric ester groups is 2. The van der Waals surface area contributed by atoms with Crippen molar-refractivity contribution in [2.24, 2.45) is 0 Å². The minimum Gasteiger partial charge on any atom is -0.462 e. The molecule has 0 aromatic carbocycles. The van der Waals surface area contributed by atoms with E-state index in [1.54, 1.807) is 0 Å². The second kappa shape index (κ2) is 81.2. The topological polar surface area (TPSA) is 237 Å². The molecule has 19 heteroatoms. The van der Waals surface area contributed by atoms with E-state index in [-0.39, 0.29) is 25.7 Å². The number of carbonyl (C=O) groups is 4. The average Bonchev–Trinajstić information content (AvgIpc) is 0.906. The summed E-state index contributed by atoms with van der Waals surface area (Å²) in [6.07, 6.45) is 98.6. The van der Waals surface area contributed by atoms with Gasteiger partial charge in [-0.2, -0.15) is 0 Å². The Morgan fingerprint density at radius 1 is 0.264 bits per heavy atom. The summed E-state index contributed by atoms with van der Waals surface area (Å²) in [4.78, 5) is 73.2. The summed E-state index contributed by atoms with van der Waals surface area (Å²) in [5.41, 5.74) is 0. The molecule has 0 aromatic heterocycles. The molecular formula is C91H148O17P2. The van der Waals surface area contributed by atoms with Gasteiger partial charge in [-0.05, 0) is 180 Å². The van der Waals surface area contributed by atoms with Crippen LogP contribution in [-0.2, 0) is 65.4 Å². The molecule has 0 bridgehead atoms. The molecule has 3 N–H and O–H groups in total. The van der Waals surface area contributed by atoms with Crippen molar-refractivity contribution in [1.29, 1.82) is 0 Å². The second-order valence-electron chi connectivity index (χ2n) is 27.3. The molecule has 17 nitrogen and oxygen atoms in total. The van der Waals surface area contributed by atoms with Crippen LogP contribution in [0.4, 0.5) is 0 Å². The molecule has 0 aromatic rings. The fourth-order valence-electron chi connectivity index (χ4n) is 10.5. The molecule has 0 amide bonds. The third-order valence-corrected chi connectivity index (χ3v) is 18.7. The van der Waals surface area contributed by atoms with Gasteiger partial charge in [0.15, 0.2) is 12.2 Å². The highest BCUT2D eigenvalue weighted by Crippen LogP contribution is 2.45. The zero-order valence-electron chi connectivity index (χ0n) is 68.4. The van der Waals surface area contributed by atoms with Crippen LogP contribution in [0.1, 0.15) is 310 Å². The number of allylic oxidation sites excluding steroid dienone is 30. The van der Waals surface area contributed by atoms with Crippen molar-refractivity contribution >= 4 is 39.5 Å². The highest BCUT2D eigenvalue weighted by molar-refractivity contribution is 7.47. The number of hydrogen-bond acceptors (Lipinski definition) is 15. The lowest BCUT2D eigenvalue weighted by Crippen LogP contribution is -2.30. The zero-order chi connectivity index (χ0) is 80.3. The van der Waals surface area contributed by atoms with Crippen LogP contribution in [0.2, 0.25) is 0 Å². The third kappa shape index (κ3) is 80.2. The van der Waals surface area contributed by atoms with Gasteiger partial charge in [-0.3, -0.25) is 37.3 Å². The Hall–Kier alpha value is -5.84. The predicted octanol–water partition coefficient (Wildman–Crippen LogP) is 25.1. The van der Waals surface area contributed by atoms with E-state index in [0.717, 1.165) is 180 Å². The maximum absolute atomic E-state index is 13.1.